The fourth-order valence-corrected chi connectivity index (χ4v) is 3.55. The van der Waals surface area contributed by atoms with Crippen molar-refractivity contribution in [3.63, 3.8) is 0 Å². The molecule has 2 atom stereocenters. The van der Waals surface area contributed by atoms with Crippen molar-refractivity contribution >= 4 is 38.6 Å². The number of methoxy groups -OCH3 is 2. The average Bonchev–Trinajstić information content (AvgIpc) is 2.65. The second-order valence-electron chi connectivity index (χ2n) is 6.48. The summed E-state index contributed by atoms with van der Waals surface area (Å²) in [5, 5.41) is 0.872. The summed E-state index contributed by atoms with van der Waals surface area (Å²) in [6, 6.07) is 4.73. The fraction of sp³-hybridized carbons (Fsp3) is 0.421. The Morgan fingerprint density at radius 3 is 2.58 bits per heavy atom. The average molecular weight is 422 g/mol. The van der Waals surface area contributed by atoms with Gasteiger partial charge in [-0.05, 0) is 39.5 Å². The summed E-state index contributed by atoms with van der Waals surface area (Å²) in [6.45, 7) is 4.11. The Balaban J connectivity index is 2.03. The quantitative estimate of drug-likeness (QED) is 0.746. The molecular weight excluding hydrogens is 401 g/mol. The van der Waals surface area contributed by atoms with Gasteiger partial charge in [0.05, 0.1) is 24.2 Å². The van der Waals surface area contributed by atoms with Gasteiger partial charge >= 0.3 is 0 Å². The highest BCUT2D eigenvalue weighted by molar-refractivity contribution is 9.10. The maximum atomic E-state index is 14.3. The monoisotopic (exact) mass is 421 g/mol. The molecule has 7 heteroatoms. The van der Waals surface area contributed by atoms with Crippen molar-refractivity contribution in [2.75, 3.05) is 14.2 Å². The molecule has 0 amide bonds. The Hall–Kier alpha value is -2.02. The molecule has 0 bridgehead atoms. The molecule has 2 heterocycles. The maximum Gasteiger partial charge on any atom is 0.209 e. The minimum absolute atomic E-state index is 0.175. The van der Waals surface area contributed by atoms with Crippen LogP contribution in [0.1, 0.15) is 19.4 Å². The Kier molecular flexibility index (Phi) is 5.55. The smallest absolute Gasteiger partial charge is 0.209 e. The predicted octanol–water partition coefficient (Wildman–Crippen LogP) is 4.18. The lowest BCUT2D eigenvalue weighted by molar-refractivity contribution is 0.333. The Morgan fingerprint density at radius 2 is 1.92 bits per heavy atom. The van der Waals surface area contributed by atoms with Gasteiger partial charge in [-0.25, -0.2) is 14.4 Å². The van der Waals surface area contributed by atoms with Crippen LogP contribution in [0.5, 0.6) is 0 Å². The van der Waals surface area contributed by atoms with E-state index in [1.165, 1.54) is 6.07 Å². The standard InChI is InChI=1S/C19H21BrFN3O2/c1-10(2)16-19(26-4)23-14(18(24-16)25-3)9-11-8-13(21)15(20)17-12(11)6-5-7-22-17/h5-8,10,14,16H,9H2,1-4H3/t14-,16-/m0/s1. The van der Waals surface area contributed by atoms with Crippen LogP contribution >= 0.6 is 15.9 Å². The first-order valence-corrected chi connectivity index (χ1v) is 9.20. The number of nitrogens with zero attached hydrogens (tertiary/aromatic N) is 3. The summed E-state index contributed by atoms with van der Waals surface area (Å²) in [5.41, 5.74) is 1.39. The van der Waals surface area contributed by atoms with Crippen LogP contribution in [0.15, 0.2) is 38.9 Å². The van der Waals surface area contributed by atoms with E-state index < -0.39 is 0 Å². The summed E-state index contributed by atoms with van der Waals surface area (Å²) >= 11 is 3.28. The molecule has 1 aromatic carbocycles. The lowest BCUT2D eigenvalue weighted by atomic mass is 9.98. The molecule has 1 aliphatic heterocycles. The minimum Gasteiger partial charge on any atom is -0.483 e. The normalized spacial score (nSPS) is 20.1. The number of hydrogen-bond acceptors (Lipinski definition) is 5. The second-order valence-corrected chi connectivity index (χ2v) is 7.28. The second kappa shape index (κ2) is 7.70. The number of hydrogen-bond donors (Lipinski definition) is 0. The molecule has 0 unspecified atom stereocenters. The fourth-order valence-electron chi connectivity index (χ4n) is 3.12. The third kappa shape index (κ3) is 3.45. The van der Waals surface area contributed by atoms with Crippen LogP contribution in [0, 0.1) is 11.7 Å². The van der Waals surface area contributed by atoms with Crippen molar-refractivity contribution in [2.45, 2.75) is 32.4 Å². The first-order chi connectivity index (χ1) is 12.5. The number of aliphatic imine (C=N–C) groups is 2. The van der Waals surface area contributed by atoms with E-state index in [4.69, 9.17) is 14.5 Å². The molecule has 0 aliphatic carbocycles. The Morgan fingerprint density at radius 1 is 1.19 bits per heavy atom. The van der Waals surface area contributed by atoms with Crippen LogP contribution in [0.2, 0.25) is 0 Å². The summed E-state index contributed by atoms with van der Waals surface area (Å²) < 4.78 is 25.6. The van der Waals surface area contributed by atoms with Gasteiger partial charge in [0.25, 0.3) is 0 Å². The largest absolute Gasteiger partial charge is 0.483 e. The highest BCUT2D eigenvalue weighted by Crippen LogP contribution is 2.30. The number of halogens is 2. The zero-order valence-electron chi connectivity index (χ0n) is 15.2. The molecule has 138 valence electrons. The van der Waals surface area contributed by atoms with Crippen molar-refractivity contribution < 1.29 is 13.9 Å². The third-order valence-corrected chi connectivity index (χ3v) is 5.18. The molecule has 1 aromatic heterocycles. The highest BCUT2D eigenvalue weighted by atomic mass is 79.9. The molecule has 3 rings (SSSR count). The highest BCUT2D eigenvalue weighted by Gasteiger charge is 2.31. The van der Waals surface area contributed by atoms with Gasteiger partial charge in [-0.2, -0.15) is 0 Å². The Bertz CT molecular complexity index is 882. The van der Waals surface area contributed by atoms with Gasteiger partial charge in [-0.3, -0.25) is 4.98 Å². The van der Waals surface area contributed by atoms with E-state index >= 15 is 0 Å². The molecule has 26 heavy (non-hydrogen) atoms. The molecule has 1 aliphatic rings. The van der Waals surface area contributed by atoms with Crippen LogP contribution in [-0.4, -0.2) is 43.1 Å². The summed E-state index contributed by atoms with van der Waals surface area (Å²) in [5.74, 6) is 0.986. The van der Waals surface area contributed by atoms with Crippen LogP contribution in [0.4, 0.5) is 4.39 Å². The van der Waals surface area contributed by atoms with Crippen molar-refractivity contribution in [1.29, 1.82) is 0 Å². The molecule has 0 spiro atoms. The van der Waals surface area contributed by atoms with Crippen molar-refractivity contribution in [3.05, 3.63) is 40.2 Å². The number of aromatic nitrogens is 1. The Labute approximate surface area is 160 Å². The zero-order valence-corrected chi connectivity index (χ0v) is 16.7. The zero-order chi connectivity index (χ0) is 18.8. The van der Waals surface area contributed by atoms with Crippen molar-refractivity contribution in [2.24, 2.45) is 15.9 Å². The van der Waals surface area contributed by atoms with Gasteiger partial charge in [-0.1, -0.05) is 19.9 Å². The summed E-state index contributed by atoms with van der Waals surface area (Å²) in [4.78, 5) is 13.7. The molecule has 0 saturated heterocycles. The van der Waals surface area contributed by atoms with Gasteiger partial charge in [0.15, 0.2) is 0 Å². The van der Waals surface area contributed by atoms with Crippen LogP contribution in [0.3, 0.4) is 0 Å². The van der Waals surface area contributed by atoms with E-state index in [-0.39, 0.29) is 23.8 Å². The van der Waals surface area contributed by atoms with Gasteiger partial charge < -0.3 is 9.47 Å². The number of benzene rings is 1. The maximum absolute atomic E-state index is 14.3. The van der Waals surface area contributed by atoms with Gasteiger partial charge in [0.1, 0.15) is 17.9 Å². The van der Waals surface area contributed by atoms with Gasteiger partial charge in [0.2, 0.25) is 11.8 Å². The lowest BCUT2D eigenvalue weighted by Gasteiger charge is -2.27. The van der Waals surface area contributed by atoms with Crippen LogP contribution < -0.4 is 0 Å². The van der Waals surface area contributed by atoms with Crippen molar-refractivity contribution in [3.8, 4) is 0 Å². The number of rotatable bonds is 3. The lowest BCUT2D eigenvalue weighted by Crippen LogP contribution is -2.38. The SMILES string of the molecule is COC1=N[C@@H](C(C)C)C(OC)=N[C@H]1Cc1cc(F)c(Br)c2ncccc12. The molecule has 5 nitrogen and oxygen atoms in total. The predicted molar refractivity (Wildman–Crippen MR) is 104 cm³/mol. The number of ether oxygens (including phenoxy) is 2. The first kappa shape index (κ1) is 18.8. The molecule has 2 aromatic rings. The van der Waals surface area contributed by atoms with E-state index in [0.717, 1.165) is 10.9 Å². The molecule has 0 radical (unpaired) electrons. The van der Waals surface area contributed by atoms with Crippen molar-refractivity contribution in [1.82, 2.24) is 4.98 Å². The third-order valence-electron chi connectivity index (χ3n) is 4.42. The summed E-state index contributed by atoms with van der Waals surface area (Å²) in [7, 11) is 3.18. The van der Waals surface area contributed by atoms with E-state index in [2.05, 4.69) is 39.8 Å². The molecule has 0 N–H and O–H groups in total. The number of pyridine rings is 1. The van der Waals surface area contributed by atoms with Gasteiger partial charge in [-0.15, -0.1) is 0 Å². The first-order valence-electron chi connectivity index (χ1n) is 8.41. The van der Waals surface area contributed by atoms with Crippen LogP contribution in [-0.2, 0) is 15.9 Å². The van der Waals surface area contributed by atoms with E-state index in [1.807, 2.05) is 12.1 Å². The molecular formula is C19H21BrFN3O2. The molecule has 0 saturated carbocycles. The van der Waals surface area contributed by atoms with E-state index in [1.54, 1.807) is 20.4 Å². The van der Waals surface area contributed by atoms with Gasteiger partial charge in [0, 0.05) is 18.0 Å². The molecule has 0 fully saturated rings. The van der Waals surface area contributed by atoms with Crippen LogP contribution in [0.25, 0.3) is 10.9 Å². The topological polar surface area (TPSA) is 56.1 Å². The minimum atomic E-state index is -0.367. The van der Waals surface area contributed by atoms with E-state index in [9.17, 15) is 4.39 Å². The summed E-state index contributed by atoms with van der Waals surface area (Å²) in [6.07, 6.45) is 2.09. The number of fused-ring (bicyclic) bond motifs is 1. The van der Waals surface area contributed by atoms with E-state index in [0.29, 0.717) is 28.2 Å².